The van der Waals surface area contributed by atoms with Crippen LogP contribution in [0.15, 0.2) is 18.2 Å². The third-order valence-electron chi connectivity index (χ3n) is 8.67. The van der Waals surface area contributed by atoms with Crippen molar-refractivity contribution >= 4 is 11.8 Å². The van der Waals surface area contributed by atoms with Crippen molar-refractivity contribution in [1.82, 2.24) is 10.2 Å². The molecule has 34 heavy (non-hydrogen) atoms. The Kier molecular flexibility index (Phi) is 5.56. The monoisotopic (exact) mass is 472 g/mol. The Balaban J connectivity index is 1.35. The maximum Gasteiger partial charge on any atom is 0.246 e. The van der Waals surface area contributed by atoms with Gasteiger partial charge < -0.3 is 24.4 Å². The number of amides is 2. The van der Waals surface area contributed by atoms with Gasteiger partial charge in [0.1, 0.15) is 24.8 Å². The van der Waals surface area contributed by atoms with Gasteiger partial charge in [0.05, 0.1) is 36.3 Å². The van der Waals surface area contributed by atoms with Gasteiger partial charge in [-0.3, -0.25) is 9.59 Å². The van der Waals surface area contributed by atoms with Crippen LogP contribution in [0.2, 0.25) is 0 Å². The van der Waals surface area contributed by atoms with E-state index in [4.69, 9.17) is 14.2 Å². The molecule has 0 radical (unpaired) electrons. The first-order valence-corrected chi connectivity index (χ1v) is 12.7. The number of rotatable bonds is 0. The predicted molar refractivity (Wildman–Crippen MR) is 121 cm³/mol. The Labute approximate surface area is 199 Å². The molecule has 0 unspecified atom stereocenters. The van der Waals surface area contributed by atoms with Gasteiger partial charge in [-0.25, -0.2) is 4.39 Å². The number of piperidine rings is 1. The lowest BCUT2D eigenvalue weighted by Crippen LogP contribution is -2.72. The minimum atomic E-state index is -0.621. The van der Waals surface area contributed by atoms with E-state index in [1.54, 1.807) is 6.07 Å². The standard InChI is InChI=1S/C26H33FN2O5/c27-19-3-1-4-20-23(19)17-5-7-18(8-6-17)33-13-21-26(16-32-14-22(30)28-26)9-2-12-29(21)24(31)25(10-11-25)15-34-20/h1,3-4,17-18,21H,2,5-16H2,(H,28,30)/t17-,18+,21-,26+/m0/s1. The number of nitrogens with zero attached hydrogens (tertiary/aromatic N) is 1. The van der Waals surface area contributed by atoms with Crippen molar-refractivity contribution in [3.63, 3.8) is 0 Å². The fraction of sp³-hybridized carbons (Fsp3) is 0.692. The number of carbonyl (C=O) groups is 2. The lowest BCUT2D eigenvalue weighted by Gasteiger charge is -2.52. The van der Waals surface area contributed by atoms with Crippen molar-refractivity contribution in [3.8, 4) is 5.75 Å². The smallest absolute Gasteiger partial charge is 0.246 e. The molecule has 4 aliphatic heterocycles. The fourth-order valence-electron chi connectivity index (χ4n) is 6.54. The molecule has 7 nitrogen and oxygen atoms in total. The van der Waals surface area contributed by atoms with E-state index in [-0.39, 0.29) is 48.9 Å². The Morgan fingerprint density at radius 1 is 1.06 bits per heavy atom. The van der Waals surface area contributed by atoms with Crippen molar-refractivity contribution < 1.29 is 28.2 Å². The molecule has 2 aliphatic carbocycles. The molecule has 7 rings (SSSR count). The van der Waals surface area contributed by atoms with Crippen LogP contribution in [-0.2, 0) is 19.1 Å². The summed E-state index contributed by atoms with van der Waals surface area (Å²) in [5, 5.41) is 3.18. The van der Waals surface area contributed by atoms with Gasteiger partial charge in [-0.15, -0.1) is 0 Å². The van der Waals surface area contributed by atoms with Gasteiger partial charge in [-0.1, -0.05) is 6.07 Å². The Morgan fingerprint density at radius 2 is 1.88 bits per heavy atom. The van der Waals surface area contributed by atoms with E-state index in [9.17, 15) is 14.0 Å². The van der Waals surface area contributed by atoms with Crippen LogP contribution in [0.1, 0.15) is 62.8 Å². The molecule has 0 aromatic heterocycles. The molecule has 8 heteroatoms. The number of benzene rings is 1. The molecule has 4 heterocycles. The average Bonchev–Trinajstić information content (AvgIpc) is 3.63. The summed E-state index contributed by atoms with van der Waals surface area (Å²) < 4.78 is 33.3. The molecule has 2 bridgehead atoms. The lowest BCUT2D eigenvalue weighted by molar-refractivity contribution is -0.159. The number of carbonyl (C=O) groups excluding carboxylic acids is 2. The van der Waals surface area contributed by atoms with Crippen LogP contribution in [-0.4, -0.2) is 67.4 Å². The highest BCUT2D eigenvalue weighted by atomic mass is 19.1. The summed E-state index contributed by atoms with van der Waals surface area (Å²) in [5.74, 6) is 0.355. The number of nitrogens with one attached hydrogen (secondary N) is 1. The second-order valence-electron chi connectivity index (χ2n) is 10.8. The van der Waals surface area contributed by atoms with Crippen LogP contribution < -0.4 is 10.1 Å². The van der Waals surface area contributed by atoms with E-state index in [0.717, 1.165) is 51.4 Å². The first kappa shape index (κ1) is 22.3. The number of ether oxygens (including phenoxy) is 3. The maximum atomic E-state index is 14.9. The number of morpholine rings is 1. The highest BCUT2D eigenvalue weighted by molar-refractivity contribution is 5.86. The van der Waals surface area contributed by atoms with E-state index in [1.807, 2.05) is 11.0 Å². The van der Waals surface area contributed by atoms with E-state index in [1.165, 1.54) is 6.07 Å². The van der Waals surface area contributed by atoms with Gasteiger partial charge in [0.15, 0.2) is 0 Å². The topological polar surface area (TPSA) is 77.1 Å². The van der Waals surface area contributed by atoms with Crippen molar-refractivity contribution in [2.75, 3.05) is 33.0 Å². The predicted octanol–water partition coefficient (Wildman–Crippen LogP) is 2.92. The van der Waals surface area contributed by atoms with Crippen LogP contribution in [0.5, 0.6) is 5.75 Å². The molecule has 184 valence electrons. The van der Waals surface area contributed by atoms with Crippen molar-refractivity contribution in [2.45, 2.75) is 75.0 Å². The first-order chi connectivity index (χ1) is 16.5. The van der Waals surface area contributed by atoms with Crippen LogP contribution in [0.3, 0.4) is 0 Å². The largest absolute Gasteiger partial charge is 0.492 e. The summed E-state index contributed by atoms with van der Waals surface area (Å²) in [6.07, 6.45) is 6.46. The molecular weight excluding hydrogens is 439 g/mol. The zero-order valence-corrected chi connectivity index (χ0v) is 19.5. The minimum absolute atomic E-state index is 0.0557. The second kappa shape index (κ2) is 8.48. The van der Waals surface area contributed by atoms with Gasteiger partial charge in [0, 0.05) is 12.1 Å². The van der Waals surface area contributed by atoms with Crippen molar-refractivity contribution in [1.29, 1.82) is 0 Å². The zero-order chi connectivity index (χ0) is 23.3. The van der Waals surface area contributed by atoms with E-state index >= 15 is 0 Å². The Morgan fingerprint density at radius 3 is 2.65 bits per heavy atom. The van der Waals surface area contributed by atoms with Crippen LogP contribution in [0, 0.1) is 11.2 Å². The third kappa shape index (κ3) is 3.79. The summed E-state index contributed by atoms with van der Waals surface area (Å²) >= 11 is 0. The quantitative estimate of drug-likeness (QED) is 0.628. The summed E-state index contributed by atoms with van der Waals surface area (Å²) in [5.41, 5.74) is -0.564. The van der Waals surface area contributed by atoms with Crippen molar-refractivity contribution in [2.24, 2.45) is 5.41 Å². The Hall–Kier alpha value is -2.19. The fourth-order valence-corrected chi connectivity index (χ4v) is 6.54. The highest BCUT2D eigenvalue weighted by Gasteiger charge is 2.57. The SMILES string of the molecule is O=C1COC[C@@]2(CCCN3C(=O)C4(CC4)COc4cccc(F)c4[C@H]4CC[C@H](CC4)OC[C@H]32)N1. The summed E-state index contributed by atoms with van der Waals surface area (Å²) in [4.78, 5) is 28.2. The lowest BCUT2D eigenvalue weighted by atomic mass is 9.79. The normalized spacial score (nSPS) is 35.2. The van der Waals surface area contributed by atoms with Gasteiger partial charge in [-0.05, 0) is 69.4 Å². The molecule has 1 N–H and O–H groups in total. The summed E-state index contributed by atoms with van der Waals surface area (Å²) in [6.45, 7) is 1.69. The molecule has 2 saturated carbocycles. The maximum absolute atomic E-state index is 14.9. The van der Waals surface area contributed by atoms with Gasteiger partial charge in [0.2, 0.25) is 11.8 Å². The van der Waals surface area contributed by atoms with E-state index < -0.39 is 11.0 Å². The molecule has 2 amide bonds. The van der Waals surface area contributed by atoms with Gasteiger partial charge >= 0.3 is 0 Å². The number of halogens is 1. The van der Waals surface area contributed by atoms with Crippen LogP contribution in [0.4, 0.5) is 4.39 Å². The molecule has 6 aliphatic rings. The number of fused-ring (bicyclic) bond motifs is 4. The van der Waals surface area contributed by atoms with Gasteiger partial charge in [-0.2, -0.15) is 0 Å². The number of hydrogen-bond acceptors (Lipinski definition) is 5. The minimum Gasteiger partial charge on any atom is -0.492 e. The Bertz CT molecular complexity index is 970. The summed E-state index contributed by atoms with van der Waals surface area (Å²) in [7, 11) is 0. The molecule has 1 aromatic rings. The highest BCUT2D eigenvalue weighted by Crippen LogP contribution is 2.50. The zero-order valence-electron chi connectivity index (χ0n) is 19.5. The average molecular weight is 473 g/mol. The van der Waals surface area contributed by atoms with E-state index in [2.05, 4.69) is 5.32 Å². The molecule has 2 atom stereocenters. The second-order valence-corrected chi connectivity index (χ2v) is 10.8. The van der Waals surface area contributed by atoms with Gasteiger partial charge in [0.25, 0.3) is 0 Å². The number of hydrogen-bond donors (Lipinski definition) is 1. The molecule has 1 aromatic carbocycles. The molecule has 2 saturated heterocycles. The van der Waals surface area contributed by atoms with E-state index in [0.29, 0.717) is 31.1 Å². The van der Waals surface area contributed by atoms with Crippen molar-refractivity contribution in [3.05, 3.63) is 29.6 Å². The third-order valence-corrected chi connectivity index (χ3v) is 8.67. The summed E-state index contributed by atoms with van der Waals surface area (Å²) in [6, 6.07) is 4.75. The molecule has 4 fully saturated rings. The molecular formula is C26H33FN2O5. The first-order valence-electron chi connectivity index (χ1n) is 12.7. The van der Waals surface area contributed by atoms with Crippen LogP contribution >= 0.6 is 0 Å². The van der Waals surface area contributed by atoms with Crippen LogP contribution in [0.25, 0.3) is 0 Å². The molecule has 2 spiro atoms.